The van der Waals surface area contributed by atoms with Crippen molar-refractivity contribution in [2.75, 3.05) is 12.4 Å². The van der Waals surface area contributed by atoms with Gasteiger partial charge in [0.15, 0.2) is 0 Å². The number of aromatic nitrogens is 3. The first-order chi connectivity index (χ1) is 15.3. The van der Waals surface area contributed by atoms with Crippen LogP contribution in [0.25, 0.3) is 10.9 Å². The number of pyridine rings is 1. The van der Waals surface area contributed by atoms with Crippen molar-refractivity contribution in [3.8, 4) is 5.75 Å². The molecule has 1 aliphatic rings. The highest BCUT2D eigenvalue weighted by Gasteiger charge is 2.24. The minimum Gasteiger partial charge on any atom is -0.494 e. The molecule has 7 nitrogen and oxygen atoms in total. The number of carbonyl (C=O) groups excluding carboxylic acids is 2. The van der Waals surface area contributed by atoms with Gasteiger partial charge in [0.25, 0.3) is 5.91 Å². The van der Waals surface area contributed by atoms with Crippen molar-refractivity contribution in [1.29, 1.82) is 0 Å². The Morgan fingerprint density at radius 3 is 2.66 bits per heavy atom. The summed E-state index contributed by atoms with van der Waals surface area (Å²) in [4.78, 5) is 28.0. The summed E-state index contributed by atoms with van der Waals surface area (Å²) in [5, 5.41) is 8.39. The van der Waals surface area contributed by atoms with Gasteiger partial charge in [-0.15, -0.1) is 0 Å². The number of fused-ring (bicyclic) bond motifs is 1. The lowest BCUT2D eigenvalue weighted by Gasteiger charge is -2.25. The molecule has 32 heavy (non-hydrogen) atoms. The number of ether oxygens (including phenoxy) is 1. The van der Waals surface area contributed by atoms with E-state index in [9.17, 15) is 14.0 Å². The number of rotatable bonds is 6. The molecule has 2 aromatic heterocycles. The zero-order chi connectivity index (χ0) is 22.9. The zero-order valence-electron chi connectivity index (χ0n) is 18.5. The van der Waals surface area contributed by atoms with Gasteiger partial charge in [-0.2, -0.15) is 5.10 Å². The van der Waals surface area contributed by atoms with Crippen LogP contribution in [0.3, 0.4) is 0 Å². The van der Waals surface area contributed by atoms with E-state index in [-0.39, 0.29) is 23.3 Å². The molecule has 1 aliphatic carbocycles. The van der Waals surface area contributed by atoms with Crippen molar-refractivity contribution in [2.24, 2.45) is 5.92 Å². The summed E-state index contributed by atoms with van der Waals surface area (Å²) < 4.78 is 21.7. The molecule has 1 saturated carbocycles. The van der Waals surface area contributed by atoms with Gasteiger partial charge in [0.1, 0.15) is 23.4 Å². The third-order valence-corrected chi connectivity index (χ3v) is 5.99. The van der Waals surface area contributed by atoms with E-state index in [2.05, 4.69) is 10.3 Å². The maximum absolute atomic E-state index is 14.2. The van der Waals surface area contributed by atoms with Crippen LogP contribution >= 0.6 is 0 Å². The standard InChI is InChI=1S/C24H27FN4O3/c1-24(2,25)22-6-4-5-18(26-22)23(31)27-20-11-16-13-29(28-19(16)12-21(20)32-3)17-9-7-15(14-30)8-10-17/h4-6,11-15,17H,7-10H2,1-3H3,(H,27,31)/t15-,17-. The average Bonchev–Trinajstić information content (AvgIpc) is 3.21. The topological polar surface area (TPSA) is 86.1 Å². The Morgan fingerprint density at radius 2 is 2.00 bits per heavy atom. The molecule has 3 aromatic rings. The summed E-state index contributed by atoms with van der Waals surface area (Å²) in [6.07, 6.45) is 6.57. The Kier molecular flexibility index (Phi) is 5.95. The minimum absolute atomic E-state index is 0.123. The molecule has 168 valence electrons. The van der Waals surface area contributed by atoms with Gasteiger partial charge in [-0.1, -0.05) is 6.07 Å². The Bertz CT molecular complexity index is 1140. The number of nitrogens with zero attached hydrogens (tertiary/aromatic N) is 3. The van der Waals surface area contributed by atoms with Crippen molar-refractivity contribution in [3.05, 3.63) is 47.9 Å². The molecule has 1 N–H and O–H groups in total. The van der Waals surface area contributed by atoms with Gasteiger partial charge in [-0.05, 0) is 57.7 Å². The molecular formula is C24H27FN4O3. The summed E-state index contributed by atoms with van der Waals surface area (Å²) in [6.45, 7) is 2.80. The van der Waals surface area contributed by atoms with E-state index >= 15 is 0 Å². The Hall–Kier alpha value is -3.29. The fraction of sp³-hybridized carbons (Fsp3) is 0.417. The van der Waals surface area contributed by atoms with Gasteiger partial charge in [0.2, 0.25) is 0 Å². The van der Waals surface area contributed by atoms with Crippen LogP contribution in [0.1, 0.15) is 61.8 Å². The molecule has 0 unspecified atom stereocenters. The maximum atomic E-state index is 14.2. The van der Waals surface area contributed by atoms with Crippen molar-refractivity contribution >= 4 is 28.8 Å². The molecule has 1 fully saturated rings. The number of halogens is 1. The number of aldehydes is 1. The summed E-state index contributed by atoms with van der Waals surface area (Å²) in [5.41, 5.74) is -0.0829. The molecule has 0 spiro atoms. The fourth-order valence-electron chi connectivity index (χ4n) is 4.11. The molecule has 0 aliphatic heterocycles. The lowest BCUT2D eigenvalue weighted by molar-refractivity contribution is -0.112. The second-order valence-electron chi connectivity index (χ2n) is 8.76. The number of hydrogen-bond acceptors (Lipinski definition) is 5. The molecule has 4 rings (SSSR count). The quantitative estimate of drug-likeness (QED) is 0.557. The third-order valence-electron chi connectivity index (χ3n) is 5.99. The van der Waals surface area contributed by atoms with Gasteiger partial charge < -0.3 is 14.8 Å². The zero-order valence-corrected chi connectivity index (χ0v) is 18.5. The second-order valence-corrected chi connectivity index (χ2v) is 8.76. The Morgan fingerprint density at radius 1 is 1.25 bits per heavy atom. The number of carbonyl (C=O) groups is 2. The normalized spacial score (nSPS) is 19.0. The predicted molar refractivity (Wildman–Crippen MR) is 120 cm³/mol. The molecule has 0 bridgehead atoms. The van der Waals surface area contributed by atoms with Gasteiger partial charge in [-0.3, -0.25) is 9.48 Å². The molecule has 0 radical (unpaired) electrons. The highest BCUT2D eigenvalue weighted by molar-refractivity contribution is 6.05. The van der Waals surface area contributed by atoms with Gasteiger partial charge in [0, 0.05) is 23.6 Å². The lowest BCUT2D eigenvalue weighted by atomic mass is 9.87. The molecule has 1 amide bonds. The van der Waals surface area contributed by atoms with Crippen LogP contribution in [0.2, 0.25) is 0 Å². The van der Waals surface area contributed by atoms with E-state index in [0.29, 0.717) is 11.4 Å². The average molecular weight is 439 g/mol. The van der Waals surface area contributed by atoms with E-state index < -0.39 is 11.6 Å². The second kappa shape index (κ2) is 8.68. The van der Waals surface area contributed by atoms with Crippen molar-refractivity contribution in [1.82, 2.24) is 14.8 Å². The lowest BCUT2D eigenvalue weighted by Crippen LogP contribution is -2.19. The number of nitrogens with one attached hydrogen (secondary N) is 1. The largest absolute Gasteiger partial charge is 0.494 e. The maximum Gasteiger partial charge on any atom is 0.274 e. The van der Waals surface area contributed by atoms with Crippen molar-refractivity contribution in [2.45, 2.75) is 51.2 Å². The van der Waals surface area contributed by atoms with E-state index in [1.54, 1.807) is 24.3 Å². The van der Waals surface area contributed by atoms with Crippen molar-refractivity contribution in [3.63, 3.8) is 0 Å². The Balaban J connectivity index is 1.59. The first-order valence-electron chi connectivity index (χ1n) is 10.8. The first kappa shape index (κ1) is 21.9. The summed E-state index contributed by atoms with van der Waals surface area (Å²) >= 11 is 0. The van der Waals surface area contributed by atoms with E-state index in [4.69, 9.17) is 9.84 Å². The van der Waals surface area contributed by atoms with Gasteiger partial charge in [-0.25, -0.2) is 9.37 Å². The number of methoxy groups -OCH3 is 1. The van der Waals surface area contributed by atoms with Crippen LogP contribution in [-0.4, -0.2) is 34.1 Å². The molecule has 0 atom stereocenters. The highest BCUT2D eigenvalue weighted by Crippen LogP contribution is 2.34. The van der Waals surface area contributed by atoms with Crippen LogP contribution in [0, 0.1) is 5.92 Å². The minimum atomic E-state index is -1.65. The van der Waals surface area contributed by atoms with Crippen LogP contribution < -0.4 is 10.1 Å². The summed E-state index contributed by atoms with van der Waals surface area (Å²) in [5.74, 6) is 0.171. The molecule has 2 heterocycles. The Labute approximate surface area is 186 Å². The summed E-state index contributed by atoms with van der Waals surface area (Å²) in [7, 11) is 1.53. The van der Waals surface area contributed by atoms with Gasteiger partial charge in [0.05, 0.1) is 30.0 Å². The van der Waals surface area contributed by atoms with E-state index in [1.165, 1.54) is 21.0 Å². The first-order valence-corrected chi connectivity index (χ1v) is 10.8. The third kappa shape index (κ3) is 4.49. The molecule has 1 aromatic carbocycles. The predicted octanol–water partition coefficient (Wildman–Crippen LogP) is 4.83. The molecular weight excluding hydrogens is 411 g/mol. The number of amides is 1. The van der Waals surface area contributed by atoms with Crippen LogP contribution in [0.5, 0.6) is 5.75 Å². The van der Waals surface area contributed by atoms with E-state index in [0.717, 1.165) is 42.9 Å². The number of hydrogen-bond donors (Lipinski definition) is 1. The van der Waals surface area contributed by atoms with E-state index in [1.807, 2.05) is 16.9 Å². The summed E-state index contributed by atoms with van der Waals surface area (Å²) in [6, 6.07) is 8.56. The monoisotopic (exact) mass is 438 g/mol. The van der Waals surface area contributed by atoms with Gasteiger partial charge >= 0.3 is 0 Å². The highest BCUT2D eigenvalue weighted by atomic mass is 19.1. The number of alkyl halides is 1. The molecule has 8 heteroatoms. The smallest absolute Gasteiger partial charge is 0.274 e. The number of benzene rings is 1. The molecule has 0 saturated heterocycles. The fourth-order valence-corrected chi connectivity index (χ4v) is 4.11. The van der Waals surface area contributed by atoms with Crippen molar-refractivity contribution < 1.29 is 18.7 Å². The van der Waals surface area contributed by atoms with Crippen LogP contribution in [-0.2, 0) is 10.5 Å². The number of anilines is 1. The van der Waals surface area contributed by atoms with Crippen LogP contribution in [0.4, 0.5) is 10.1 Å². The SMILES string of the molecule is COc1cc2nn([C@H]3CC[C@H](C=O)CC3)cc2cc1NC(=O)c1cccc(C(C)(C)F)n1. The van der Waals surface area contributed by atoms with Crippen LogP contribution in [0.15, 0.2) is 36.5 Å².